The Labute approximate surface area is 297 Å². The van der Waals surface area contributed by atoms with Gasteiger partial charge in [0.1, 0.15) is 73.9 Å². The number of nitrogens with one attached hydrogen (secondary N) is 2. The molecule has 4 rings (SSSR count). The van der Waals surface area contributed by atoms with Crippen molar-refractivity contribution in [2.45, 2.75) is 92.8 Å². The molecule has 16 atom stereocenters. The number of ether oxygens (including phenoxy) is 6. The van der Waals surface area contributed by atoms with Crippen molar-refractivity contribution in [3.05, 3.63) is 33.1 Å². The fraction of sp³-hybridized carbons (Fsp3) is 0.800. The first-order valence-corrected chi connectivity index (χ1v) is 18.3. The van der Waals surface area contributed by atoms with E-state index in [9.17, 15) is 69.0 Å². The number of aromatic amines is 1. The van der Waals surface area contributed by atoms with Gasteiger partial charge in [-0.1, -0.05) is 0 Å². The van der Waals surface area contributed by atoms with Crippen molar-refractivity contribution in [2.24, 2.45) is 0 Å². The molecule has 3 aliphatic rings. The first-order chi connectivity index (χ1) is 24.8. The van der Waals surface area contributed by atoms with Crippen LogP contribution in [-0.4, -0.2) is 165 Å². The van der Waals surface area contributed by atoms with Crippen LogP contribution in [-0.2, 0) is 55.7 Å². The van der Waals surface area contributed by atoms with Gasteiger partial charge in [0.15, 0.2) is 18.8 Å². The van der Waals surface area contributed by atoms with Crippen LogP contribution in [0.3, 0.4) is 0 Å². The Balaban J connectivity index is 1.35. The van der Waals surface area contributed by atoms with E-state index in [1.165, 1.54) is 7.11 Å². The minimum absolute atomic E-state index is 0.541. The van der Waals surface area contributed by atoms with E-state index in [2.05, 4.69) is 18.7 Å². The van der Waals surface area contributed by atoms with Crippen molar-refractivity contribution in [1.82, 2.24) is 14.9 Å². The van der Waals surface area contributed by atoms with Crippen LogP contribution in [0.25, 0.3) is 0 Å². The molecule has 304 valence electrons. The van der Waals surface area contributed by atoms with Crippen molar-refractivity contribution < 1.29 is 101 Å². The first kappa shape index (κ1) is 43.6. The van der Waals surface area contributed by atoms with Crippen molar-refractivity contribution in [2.75, 3.05) is 33.7 Å². The van der Waals surface area contributed by atoms with Crippen LogP contribution in [0, 0.1) is 0 Å². The lowest BCUT2D eigenvalue weighted by atomic mass is 9.97. The van der Waals surface area contributed by atoms with Gasteiger partial charge in [-0.05, 0) is 0 Å². The van der Waals surface area contributed by atoms with Gasteiger partial charge >= 0.3 is 5.69 Å². The summed E-state index contributed by atoms with van der Waals surface area (Å²) in [6.45, 7) is -2.44. The summed E-state index contributed by atoms with van der Waals surface area (Å²) in [5.41, 5.74) is -1.84. The number of amides is 1. The fourth-order valence-electron chi connectivity index (χ4n) is 5.45. The number of phosphoric ester groups is 2. The van der Waals surface area contributed by atoms with Crippen molar-refractivity contribution in [3.63, 3.8) is 0 Å². The molecular weight excluding hydrogens is 772 g/mol. The maximum atomic E-state index is 12.7. The molecule has 28 heteroatoms. The topological polar surface area (TPSA) is 389 Å². The second kappa shape index (κ2) is 18.2. The number of rotatable bonds is 16. The number of hydrogen-bond acceptors (Lipinski definition) is 23. The molecule has 1 aromatic heterocycles. The van der Waals surface area contributed by atoms with Gasteiger partial charge in [-0.2, -0.15) is 0 Å². The molecule has 53 heavy (non-hydrogen) atoms. The van der Waals surface area contributed by atoms with Gasteiger partial charge in [0.2, 0.25) is 5.91 Å². The van der Waals surface area contributed by atoms with E-state index in [1.807, 2.05) is 4.98 Å². The molecule has 9 N–H and O–H groups in total. The van der Waals surface area contributed by atoms with Gasteiger partial charge in [0, 0.05) is 26.3 Å². The van der Waals surface area contributed by atoms with Gasteiger partial charge in [-0.15, -0.1) is 0 Å². The summed E-state index contributed by atoms with van der Waals surface area (Å²) in [4.78, 5) is 61.8. The number of aliphatic hydroxyl groups is 7. The molecule has 3 fully saturated rings. The Morgan fingerprint density at radius 2 is 1.53 bits per heavy atom. The lowest BCUT2D eigenvalue weighted by Crippen LogP contribution is -2.64. The third kappa shape index (κ3) is 10.8. The SMILES string of the molecule is CO[C@@H]1O[C@@H](COCOC2C(O)[C@@H](O)C(CO)O[C@@H]2OP(=O)([O-])OP(=O)([O-])OC[C@H]2O[C@@H](n3ccc(=O)[nH]c3=O)C(O)C2O)[C@@H](O)C(O)C1NC(C)=O. The molecule has 1 amide bonds. The van der Waals surface area contributed by atoms with Crippen LogP contribution in [0.15, 0.2) is 21.9 Å². The molecular formula is C25H39N3O23P2-2. The van der Waals surface area contributed by atoms with Crippen molar-refractivity contribution in [3.8, 4) is 0 Å². The van der Waals surface area contributed by atoms with E-state index >= 15 is 0 Å². The average Bonchev–Trinajstić information content (AvgIpc) is 3.35. The van der Waals surface area contributed by atoms with E-state index in [1.54, 1.807) is 0 Å². The number of nitrogens with zero attached hydrogens (tertiary/aromatic N) is 1. The van der Waals surface area contributed by atoms with Crippen LogP contribution >= 0.6 is 15.6 Å². The van der Waals surface area contributed by atoms with E-state index in [4.69, 9.17) is 28.4 Å². The zero-order chi connectivity index (χ0) is 39.4. The van der Waals surface area contributed by atoms with Crippen molar-refractivity contribution in [1.29, 1.82) is 0 Å². The molecule has 3 aliphatic heterocycles. The molecule has 3 saturated heterocycles. The number of phosphoric acid groups is 2. The largest absolute Gasteiger partial charge is 0.756 e. The van der Waals surface area contributed by atoms with Gasteiger partial charge in [0.25, 0.3) is 21.2 Å². The molecule has 0 radical (unpaired) electrons. The summed E-state index contributed by atoms with van der Waals surface area (Å²) in [6, 6.07) is -0.260. The number of hydrogen-bond donors (Lipinski definition) is 9. The molecule has 1 aromatic rings. The Kier molecular flexibility index (Phi) is 15.0. The maximum Gasteiger partial charge on any atom is 0.330 e. The van der Waals surface area contributed by atoms with Gasteiger partial charge in [-0.3, -0.25) is 32.8 Å². The fourth-order valence-corrected chi connectivity index (χ4v) is 7.53. The summed E-state index contributed by atoms with van der Waals surface area (Å²) in [5.74, 6) is -0.554. The molecule has 0 spiro atoms. The summed E-state index contributed by atoms with van der Waals surface area (Å²) < 4.78 is 70.5. The third-order valence-corrected chi connectivity index (χ3v) is 10.6. The molecule has 0 bridgehead atoms. The second-order valence-electron chi connectivity index (χ2n) is 11.8. The lowest BCUT2D eigenvalue weighted by molar-refractivity contribution is -0.322. The van der Waals surface area contributed by atoms with E-state index in [0.29, 0.717) is 4.57 Å². The lowest BCUT2D eigenvalue weighted by Gasteiger charge is -2.43. The van der Waals surface area contributed by atoms with Crippen LogP contribution < -0.4 is 26.4 Å². The van der Waals surface area contributed by atoms with E-state index in [0.717, 1.165) is 19.2 Å². The summed E-state index contributed by atoms with van der Waals surface area (Å²) in [7, 11) is -10.8. The Morgan fingerprint density at radius 1 is 0.906 bits per heavy atom. The Hall–Kier alpha value is -2.11. The number of H-pyrrole nitrogens is 1. The highest BCUT2D eigenvalue weighted by molar-refractivity contribution is 7.59. The predicted molar refractivity (Wildman–Crippen MR) is 159 cm³/mol. The first-order valence-electron chi connectivity index (χ1n) is 15.4. The van der Waals surface area contributed by atoms with E-state index < -0.39 is 145 Å². The van der Waals surface area contributed by atoms with Crippen LogP contribution in [0.5, 0.6) is 0 Å². The highest BCUT2D eigenvalue weighted by Gasteiger charge is 2.49. The smallest absolute Gasteiger partial charge is 0.330 e. The summed E-state index contributed by atoms with van der Waals surface area (Å²) >= 11 is 0. The minimum atomic E-state index is -6.09. The van der Waals surface area contributed by atoms with E-state index in [-0.39, 0.29) is 0 Å². The number of carbonyl (C=O) groups excluding carboxylic acids is 1. The van der Waals surface area contributed by atoms with Crippen molar-refractivity contribution >= 4 is 21.6 Å². The average molecular weight is 812 g/mol. The minimum Gasteiger partial charge on any atom is -0.756 e. The number of methoxy groups -OCH3 is 1. The molecule has 0 saturated carbocycles. The summed E-state index contributed by atoms with van der Waals surface area (Å²) in [6.07, 6.45) is -21.9. The van der Waals surface area contributed by atoms with Crippen LogP contribution in [0.4, 0.5) is 0 Å². The monoisotopic (exact) mass is 811 g/mol. The molecule has 0 aliphatic carbocycles. The zero-order valence-corrected chi connectivity index (χ0v) is 29.4. The number of aromatic nitrogens is 2. The maximum absolute atomic E-state index is 12.7. The quantitative estimate of drug-likeness (QED) is 0.0425. The second-order valence-corrected chi connectivity index (χ2v) is 14.7. The Morgan fingerprint density at radius 3 is 2.15 bits per heavy atom. The highest BCUT2D eigenvalue weighted by Crippen LogP contribution is 2.57. The molecule has 9 unspecified atom stereocenters. The third-order valence-electron chi connectivity index (χ3n) is 8.05. The van der Waals surface area contributed by atoms with Gasteiger partial charge in [0.05, 0.1) is 19.8 Å². The number of aliphatic hydroxyl groups excluding tert-OH is 7. The normalized spacial score (nSPS) is 38.5. The highest BCUT2D eigenvalue weighted by atomic mass is 31.3. The number of carbonyl (C=O) groups is 1. The van der Waals surface area contributed by atoms with Gasteiger partial charge in [-0.25, -0.2) is 9.11 Å². The Bertz CT molecular complexity index is 1600. The molecule has 0 aromatic carbocycles. The van der Waals surface area contributed by atoms with Crippen LogP contribution in [0.2, 0.25) is 0 Å². The molecule has 26 nitrogen and oxygen atoms in total. The zero-order valence-electron chi connectivity index (χ0n) is 27.6. The predicted octanol–water partition coefficient (Wildman–Crippen LogP) is -7.46. The standard InChI is InChI=1S/C25H41N3O23P2/c1-9(30)26-14-18(35)16(33)11(49-23(14)43-2)6-44-8-45-21-19(36)15(32)10(5-29)48-24(21)50-53(41,42)51-52(39,40)46-7-12-17(34)20(37)22(47-12)28-4-3-13(31)27-25(28)38/h3-4,10-12,14-24,29,32-37H,5-8H2,1-2H3,(H,26,30)(H,39,40)(H,41,42)(H,27,31,38)/p-2/t10?,11-,12+,14?,15-,16+,17?,18?,19?,20?,21?,22+,23+,24+/m0/s1. The van der Waals surface area contributed by atoms with Crippen LogP contribution in [0.1, 0.15) is 13.2 Å². The van der Waals surface area contributed by atoms with Gasteiger partial charge < -0.3 is 83.8 Å². The molecule has 4 heterocycles. The summed E-state index contributed by atoms with van der Waals surface area (Å²) in [5, 5.41) is 74.3.